The second kappa shape index (κ2) is 22.0. The Balaban J connectivity index is 0.000000486. The zero-order chi connectivity index (χ0) is 59.0. The molecule has 0 saturated carbocycles. The van der Waals surface area contributed by atoms with Crippen molar-refractivity contribution in [3.05, 3.63) is 194 Å². The normalized spacial score (nSPS) is 12.4. The van der Waals surface area contributed by atoms with Crippen molar-refractivity contribution in [3.8, 4) is 0 Å². The molecule has 80 heavy (non-hydrogen) atoms. The molecular formula is C53H25AlF25N. The molecule has 27 heteroatoms. The summed E-state index contributed by atoms with van der Waals surface area (Å²) in [6, 6.07) is 6.75. The molecule has 0 aliphatic carbocycles. The molecule has 9 aromatic rings. The Morgan fingerprint density at radius 2 is 0.575 bits per heavy atom. The molecule has 0 aliphatic heterocycles. The average molecular weight is 1180 g/mol. The number of benzene rings is 9. The second-order valence-electron chi connectivity index (χ2n) is 17.8. The molecule has 0 heterocycles. The molecule has 0 spiro atoms. The molecule has 1 atom stereocenters. The lowest BCUT2D eigenvalue weighted by atomic mass is 10.1. The summed E-state index contributed by atoms with van der Waals surface area (Å²) in [5.41, 5.74) is 1.07. The summed E-state index contributed by atoms with van der Waals surface area (Å²) in [7, 11) is 0. The smallest absolute Gasteiger partial charge is 0.276 e. The van der Waals surface area contributed by atoms with Gasteiger partial charge in [0, 0.05) is 0 Å². The van der Waals surface area contributed by atoms with E-state index in [-0.39, 0.29) is 6.80 Å². The van der Waals surface area contributed by atoms with Gasteiger partial charge in [0.15, 0.2) is 116 Å². The van der Waals surface area contributed by atoms with E-state index < -0.39 is 238 Å². The quantitative estimate of drug-likeness (QED) is 0.0433. The minimum absolute atomic E-state index is 0.309. The fourth-order valence-corrected chi connectivity index (χ4v) is 16.7. The first kappa shape index (κ1) is 58.9. The summed E-state index contributed by atoms with van der Waals surface area (Å²) in [5, 5.41) is -20.2. The predicted octanol–water partition coefficient (Wildman–Crippen LogP) is 13.7. The maximum absolute atomic E-state index is 17.3. The highest BCUT2D eigenvalue weighted by molar-refractivity contribution is 7.23. The van der Waals surface area contributed by atoms with Gasteiger partial charge in [0.25, 0.3) is 13.1 Å². The van der Waals surface area contributed by atoms with Crippen LogP contribution < -0.4 is 22.6 Å². The molecule has 0 bridgehead atoms. The van der Waals surface area contributed by atoms with Gasteiger partial charge >= 0.3 is 0 Å². The molecule has 0 aromatic heterocycles. The Kier molecular flexibility index (Phi) is 16.2. The third-order valence-corrected chi connectivity index (χ3v) is 19.3. The first-order valence-corrected chi connectivity index (χ1v) is 25.2. The van der Waals surface area contributed by atoms with Gasteiger partial charge in [0.05, 0.1) is 28.1 Å². The number of quaternary nitrogens is 1. The number of rotatable bonds is 11. The van der Waals surface area contributed by atoms with E-state index in [1.165, 1.54) is 19.3 Å². The number of para-hydroxylation sites is 1. The number of hydrogen-bond acceptors (Lipinski definition) is 0. The van der Waals surface area contributed by atoms with E-state index in [1.807, 2.05) is 30.3 Å². The summed E-state index contributed by atoms with van der Waals surface area (Å²) in [4.78, 5) is 0.951. The van der Waals surface area contributed by atoms with Crippen LogP contribution >= 0.6 is 0 Å². The highest BCUT2D eigenvalue weighted by Gasteiger charge is 2.52. The summed E-state index contributed by atoms with van der Waals surface area (Å²) in [6.07, 6.45) is 4.82. The third kappa shape index (κ3) is 8.90. The maximum atomic E-state index is 17.3. The molecule has 0 amide bonds. The standard InChI is InChI=1S/C13H20FN.4C10HF6.Al/c1-2-3-4-8-11-15(12-14)13-9-6-5-7-10-13;4*11-4-1-3-2-5(12)8(14)10(16)6(3)9(15)7(4)13;/h5-7,9-10H,2-4,8,11-12H2,1H3;4*1H;/q;;;;;-1/p+1. The first-order chi connectivity index (χ1) is 37.7. The van der Waals surface area contributed by atoms with Gasteiger partial charge in [0.2, 0.25) is 6.80 Å². The van der Waals surface area contributed by atoms with Crippen LogP contribution in [0.15, 0.2) is 54.6 Å². The van der Waals surface area contributed by atoms with Gasteiger partial charge < -0.3 is 0 Å². The van der Waals surface area contributed by atoms with Crippen molar-refractivity contribution >= 4 is 79.6 Å². The Labute approximate surface area is 433 Å². The fraction of sp³-hybridized carbons (Fsp3) is 0.132. The molecule has 0 fully saturated rings. The maximum Gasteiger partial charge on any atom is 0.286 e. The van der Waals surface area contributed by atoms with Gasteiger partial charge in [-0.15, -0.1) is 0 Å². The molecule has 0 aliphatic rings. The van der Waals surface area contributed by atoms with E-state index in [0.717, 1.165) is 23.6 Å². The van der Waals surface area contributed by atoms with Crippen LogP contribution in [0.1, 0.15) is 32.6 Å². The number of halogens is 25. The van der Waals surface area contributed by atoms with Crippen LogP contribution in [0.2, 0.25) is 0 Å². The van der Waals surface area contributed by atoms with Crippen LogP contribution in [0.3, 0.4) is 0 Å². The largest absolute Gasteiger partial charge is 0.286 e. The van der Waals surface area contributed by atoms with Crippen molar-refractivity contribution < 1.29 is 115 Å². The zero-order valence-corrected chi connectivity index (χ0v) is 40.6. The van der Waals surface area contributed by atoms with Gasteiger partial charge in [-0.25, -0.2) is 105 Å². The molecule has 1 unspecified atom stereocenters. The van der Waals surface area contributed by atoms with Gasteiger partial charge in [-0.2, -0.15) is 22.1 Å². The van der Waals surface area contributed by atoms with Crippen molar-refractivity contribution in [3.63, 3.8) is 0 Å². The van der Waals surface area contributed by atoms with Crippen molar-refractivity contribution in [2.45, 2.75) is 32.6 Å². The van der Waals surface area contributed by atoms with Crippen LogP contribution in [0, 0.1) is 140 Å². The highest BCUT2D eigenvalue weighted by Crippen LogP contribution is 2.39. The number of fused-ring (bicyclic) bond motifs is 4. The minimum Gasteiger partial charge on any atom is -0.276 e. The Morgan fingerprint density at radius 3 is 0.825 bits per heavy atom. The molecule has 0 saturated heterocycles. The molecule has 1 nitrogen and oxygen atoms in total. The van der Waals surface area contributed by atoms with E-state index in [2.05, 4.69) is 6.92 Å². The summed E-state index contributed by atoms with van der Waals surface area (Å²) >= 11 is -9.12. The van der Waals surface area contributed by atoms with Crippen molar-refractivity contribution in [2.24, 2.45) is 0 Å². The average Bonchev–Trinajstić information content (AvgIpc) is 1.96. The predicted molar refractivity (Wildman–Crippen MR) is 241 cm³/mol. The molecule has 420 valence electrons. The lowest BCUT2D eigenvalue weighted by molar-refractivity contribution is -0.847. The van der Waals surface area contributed by atoms with E-state index in [1.54, 1.807) is 0 Å². The SMILES string of the molecule is CCCCCC[NH+](CF)c1ccccc1.Fc1cc2[c]([Al-]([c]3c(F)c(F)c(F)c4c(F)c(F)c(F)cc34)([c]3c(F)c(F)c(F)c4c(F)c(F)c(F)cc34)[c]3c(F)c(F)c(F)c4c(F)c(F)c(F)cc34)c(F)c(F)c(F)c2c(F)c1F. The number of nitrogens with one attached hydrogen (secondary N) is 1. The van der Waals surface area contributed by atoms with Crippen LogP contribution in [0.25, 0.3) is 43.1 Å². The monoisotopic (exact) mass is 1180 g/mol. The van der Waals surface area contributed by atoms with Gasteiger partial charge in [-0.3, -0.25) is 4.90 Å². The van der Waals surface area contributed by atoms with Crippen LogP contribution in [-0.2, 0) is 0 Å². The molecule has 0 radical (unpaired) electrons. The number of unbranched alkanes of at least 4 members (excludes halogenated alkanes) is 3. The van der Waals surface area contributed by atoms with E-state index in [4.69, 9.17) is 0 Å². The molecule has 1 N–H and O–H groups in total. The molecule has 9 rings (SSSR count). The van der Waals surface area contributed by atoms with Crippen molar-refractivity contribution in [2.75, 3.05) is 13.3 Å². The van der Waals surface area contributed by atoms with Crippen LogP contribution in [-0.4, -0.2) is 26.4 Å². The van der Waals surface area contributed by atoms with Crippen molar-refractivity contribution in [1.82, 2.24) is 0 Å². The van der Waals surface area contributed by atoms with Crippen LogP contribution in [0.4, 0.5) is 115 Å². The number of hydrogen-bond donors (Lipinski definition) is 1. The Morgan fingerprint density at radius 1 is 0.312 bits per heavy atom. The van der Waals surface area contributed by atoms with Crippen molar-refractivity contribution in [1.29, 1.82) is 0 Å². The summed E-state index contributed by atoms with van der Waals surface area (Å²) in [6.45, 7) is 2.79. The fourth-order valence-electron chi connectivity index (χ4n) is 10.1. The lowest BCUT2D eigenvalue weighted by Gasteiger charge is -2.44. The van der Waals surface area contributed by atoms with E-state index in [9.17, 15) is 22.0 Å². The second-order valence-corrected chi connectivity index (χ2v) is 21.9. The molecule has 9 aromatic carbocycles. The van der Waals surface area contributed by atoms with Gasteiger partial charge in [-0.1, -0.05) is 38.0 Å². The topological polar surface area (TPSA) is 4.44 Å². The number of alkyl halides is 1. The highest BCUT2D eigenvalue weighted by atomic mass is 27.2. The third-order valence-electron chi connectivity index (χ3n) is 13.6. The van der Waals surface area contributed by atoms with Crippen LogP contribution in [0.5, 0.6) is 0 Å². The van der Waals surface area contributed by atoms with E-state index in [0.29, 0.717) is 0 Å². The minimum atomic E-state index is -9.12. The summed E-state index contributed by atoms with van der Waals surface area (Å²) in [5.74, 6) is -75.3. The Hall–Kier alpha value is -7.24. The lowest BCUT2D eigenvalue weighted by Crippen LogP contribution is -3.06. The van der Waals surface area contributed by atoms with Gasteiger partial charge in [0.1, 0.15) is 29.0 Å². The molecular weight excluding hydrogens is 1150 g/mol. The van der Waals surface area contributed by atoms with Gasteiger partial charge in [-0.05, 0) is 70.8 Å². The zero-order valence-electron chi connectivity index (χ0n) is 39.5. The first-order valence-electron chi connectivity index (χ1n) is 22.8. The Bertz CT molecular complexity index is 3560. The summed E-state index contributed by atoms with van der Waals surface area (Å²) < 4.78 is 381. The van der Waals surface area contributed by atoms with E-state index >= 15 is 87.8 Å².